The van der Waals surface area contributed by atoms with Gasteiger partial charge in [0.1, 0.15) is 0 Å². The Morgan fingerprint density at radius 2 is 1.69 bits per heavy atom. The summed E-state index contributed by atoms with van der Waals surface area (Å²) in [6, 6.07) is 15.1. The van der Waals surface area contributed by atoms with E-state index in [4.69, 9.17) is 5.10 Å². The van der Waals surface area contributed by atoms with Crippen LogP contribution < -0.4 is 5.32 Å². The molecular weight excluding hydrogens is 390 g/mol. The predicted octanol–water partition coefficient (Wildman–Crippen LogP) is 7.32. The van der Waals surface area contributed by atoms with Crippen LogP contribution in [-0.2, 0) is 6.54 Å². The van der Waals surface area contributed by atoms with E-state index in [2.05, 4.69) is 108 Å². The van der Waals surface area contributed by atoms with Crippen molar-refractivity contribution >= 4 is 11.6 Å². The molecule has 0 aliphatic heterocycles. The first-order valence-corrected chi connectivity index (χ1v) is 11.3. The van der Waals surface area contributed by atoms with Gasteiger partial charge in [-0.2, -0.15) is 5.10 Å². The smallest absolute Gasteiger partial charge is 0.0747 e. The van der Waals surface area contributed by atoms with Crippen LogP contribution in [0, 0.1) is 20.8 Å². The highest BCUT2D eigenvalue weighted by molar-refractivity contribution is 5.82. The first-order chi connectivity index (χ1) is 15.3. The molecule has 3 heteroatoms. The lowest BCUT2D eigenvalue weighted by atomic mass is 10.0. The molecule has 0 saturated carbocycles. The lowest BCUT2D eigenvalue weighted by Crippen LogP contribution is -2.14. The zero-order valence-corrected chi connectivity index (χ0v) is 20.3. The minimum absolute atomic E-state index is 0.740. The monoisotopic (exact) mass is 425 g/mol. The summed E-state index contributed by atoms with van der Waals surface area (Å²) in [5.41, 5.74) is 11.6. The van der Waals surface area contributed by atoms with Crippen molar-refractivity contribution in [3.63, 3.8) is 0 Å². The van der Waals surface area contributed by atoms with E-state index in [1.54, 1.807) is 0 Å². The molecule has 0 aliphatic carbocycles. The molecule has 32 heavy (non-hydrogen) atoms. The lowest BCUT2D eigenvalue weighted by Gasteiger charge is -2.15. The van der Waals surface area contributed by atoms with Gasteiger partial charge in [-0.15, -0.1) is 0 Å². The van der Waals surface area contributed by atoms with Gasteiger partial charge in [0, 0.05) is 23.4 Å². The molecule has 2 aromatic carbocycles. The lowest BCUT2D eigenvalue weighted by molar-refractivity contribution is 0.838. The molecule has 3 rings (SSSR count). The van der Waals surface area contributed by atoms with Gasteiger partial charge in [-0.25, -0.2) is 4.68 Å². The van der Waals surface area contributed by atoms with Gasteiger partial charge in [-0.05, 0) is 64.8 Å². The Morgan fingerprint density at radius 1 is 1.03 bits per heavy atom. The predicted molar refractivity (Wildman–Crippen MR) is 138 cm³/mol. The number of benzene rings is 2. The van der Waals surface area contributed by atoms with Crippen molar-refractivity contribution < 1.29 is 0 Å². The van der Waals surface area contributed by atoms with E-state index >= 15 is 0 Å². The Labute approximate surface area is 193 Å². The van der Waals surface area contributed by atoms with Crippen LogP contribution in [0.15, 0.2) is 72.6 Å². The fraction of sp³-hybridized carbons (Fsp3) is 0.276. The van der Waals surface area contributed by atoms with Crippen molar-refractivity contribution in [3.8, 4) is 5.69 Å². The van der Waals surface area contributed by atoms with E-state index in [1.165, 1.54) is 27.8 Å². The zero-order chi connectivity index (χ0) is 23.3. The van der Waals surface area contributed by atoms with E-state index < -0.39 is 0 Å². The molecule has 0 fully saturated rings. The average Bonchev–Trinajstić information content (AvgIpc) is 3.15. The van der Waals surface area contributed by atoms with Gasteiger partial charge >= 0.3 is 0 Å². The molecule has 0 saturated heterocycles. The zero-order valence-electron chi connectivity index (χ0n) is 20.3. The van der Waals surface area contributed by atoms with Gasteiger partial charge in [0.05, 0.1) is 17.6 Å². The van der Waals surface area contributed by atoms with Crippen molar-refractivity contribution in [1.29, 1.82) is 0 Å². The summed E-state index contributed by atoms with van der Waals surface area (Å²) >= 11 is 0. The molecule has 0 bridgehead atoms. The van der Waals surface area contributed by atoms with Crippen LogP contribution in [0.25, 0.3) is 17.3 Å². The standard InChI is InChI=1S/C29H35N3/c1-8-20(3)17-29-28(19-31-32(29)26-12-10-21(4)11-13-26)27(9-2)24(7)30-18-25-15-22(5)14-23(6)16-25/h9-17,19,30H,7-8,18H2,1-6H3/b20-17+,27-9-. The quantitative estimate of drug-likeness (QED) is 0.383. The number of nitrogens with zero attached hydrogens (tertiary/aromatic N) is 2. The van der Waals surface area contributed by atoms with Gasteiger partial charge in [0.15, 0.2) is 0 Å². The number of allylic oxidation sites excluding steroid dienone is 3. The summed E-state index contributed by atoms with van der Waals surface area (Å²) in [6.07, 6.45) is 7.30. The Kier molecular flexibility index (Phi) is 7.53. The van der Waals surface area contributed by atoms with Gasteiger partial charge in [0.2, 0.25) is 0 Å². The number of nitrogens with one attached hydrogen (secondary N) is 1. The van der Waals surface area contributed by atoms with Crippen LogP contribution >= 0.6 is 0 Å². The third kappa shape index (κ3) is 5.47. The summed E-state index contributed by atoms with van der Waals surface area (Å²) in [5, 5.41) is 8.29. The maximum Gasteiger partial charge on any atom is 0.0747 e. The first-order valence-electron chi connectivity index (χ1n) is 11.3. The molecule has 1 aromatic heterocycles. The molecule has 166 valence electrons. The molecule has 0 atom stereocenters. The van der Waals surface area contributed by atoms with Crippen LogP contribution in [0.1, 0.15) is 60.7 Å². The van der Waals surface area contributed by atoms with Crippen molar-refractivity contribution in [1.82, 2.24) is 15.1 Å². The van der Waals surface area contributed by atoms with E-state index in [-0.39, 0.29) is 0 Å². The molecular formula is C29H35N3. The highest BCUT2D eigenvalue weighted by atomic mass is 15.3. The van der Waals surface area contributed by atoms with Crippen molar-refractivity contribution in [2.24, 2.45) is 0 Å². The molecule has 3 aromatic rings. The molecule has 0 amide bonds. The van der Waals surface area contributed by atoms with Gasteiger partial charge < -0.3 is 5.32 Å². The van der Waals surface area contributed by atoms with Gasteiger partial charge in [0.25, 0.3) is 0 Å². The molecule has 0 unspecified atom stereocenters. The Morgan fingerprint density at radius 3 is 2.28 bits per heavy atom. The second kappa shape index (κ2) is 10.3. The van der Waals surface area contributed by atoms with E-state index in [0.29, 0.717) is 0 Å². The van der Waals surface area contributed by atoms with Crippen LogP contribution in [0.4, 0.5) is 0 Å². The maximum absolute atomic E-state index is 4.76. The van der Waals surface area contributed by atoms with E-state index in [9.17, 15) is 0 Å². The number of rotatable bonds is 8. The van der Waals surface area contributed by atoms with Crippen LogP contribution in [-0.4, -0.2) is 9.78 Å². The van der Waals surface area contributed by atoms with E-state index in [1.807, 2.05) is 10.9 Å². The Bertz CT molecular complexity index is 1140. The first kappa shape index (κ1) is 23.3. The number of aryl methyl sites for hydroxylation is 3. The van der Waals surface area contributed by atoms with Crippen LogP contribution in [0.3, 0.4) is 0 Å². The molecule has 1 N–H and O–H groups in total. The molecule has 0 radical (unpaired) electrons. The largest absolute Gasteiger partial charge is 0.381 e. The molecule has 0 aliphatic rings. The Balaban J connectivity index is 1.94. The average molecular weight is 426 g/mol. The van der Waals surface area contributed by atoms with Crippen LogP contribution in [0.2, 0.25) is 0 Å². The second-order valence-electron chi connectivity index (χ2n) is 8.57. The number of aromatic nitrogens is 2. The third-order valence-corrected chi connectivity index (χ3v) is 5.72. The minimum atomic E-state index is 0.740. The van der Waals surface area contributed by atoms with Crippen molar-refractivity contribution in [2.75, 3.05) is 0 Å². The maximum atomic E-state index is 4.76. The van der Waals surface area contributed by atoms with Crippen molar-refractivity contribution in [2.45, 2.75) is 54.5 Å². The highest BCUT2D eigenvalue weighted by Gasteiger charge is 2.16. The Hall–Kier alpha value is -3.33. The SMILES string of the molecule is C=C(NCc1cc(C)cc(C)c1)/C(=C/C)c1cnn(-c2ccc(C)cc2)c1/C=C(\C)CC. The summed E-state index contributed by atoms with van der Waals surface area (Å²) in [7, 11) is 0. The van der Waals surface area contributed by atoms with Crippen LogP contribution in [0.5, 0.6) is 0 Å². The van der Waals surface area contributed by atoms with Gasteiger partial charge in [-0.3, -0.25) is 0 Å². The molecule has 0 spiro atoms. The normalized spacial score (nSPS) is 12.2. The third-order valence-electron chi connectivity index (χ3n) is 5.72. The summed E-state index contributed by atoms with van der Waals surface area (Å²) in [6.45, 7) is 17.9. The fourth-order valence-electron chi connectivity index (χ4n) is 3.90. The number of hydrogen-bond donors (Lipinski definition) is 1. The second-order valence-corrected chi connectivity index (χ2v) is 8.57. The molecule has 3 nitrogen and oxygen atoms in total. The highest BCUT2D eigenvalue weighted by Crippen LogP contribution is 2.28. The fourth-order valence-corrected chi connectivity index (χ4v) is 3.90. The molecule has 1 heterocycles. The number of hydrogen-bond acceptors (Lipinski definition) is 2. The summed E-state index contributed by atoms with van der Waals surface area (Å²) in [4.78, 5) is 0. The summed E-state index contributed by atoms with van der Waals surface area (Å²) < 4.78 is 2.02. The minimum Gasteiger partial charge on any atom is -0.381 e. The topological polar surface area (TPSA) is 29.9 Å². The van der Waals surface area contributed by atoms with E-state index in [0.717, 1.165) is 41.2 Å². The van der Waals surface area contributed by atoms with Crippen molar-refractivity contribution in [3.05, 3.63) is 106 Å². The summed E-state index contributed by atoms with van der Waals surface area (Å²) in [5.74, 6) is 0. The van der Waals surface area contributed by atoms with Gasteiger partial charge in [-0.1, -0.05) is 72.2 Å².